The topological polar surface area (TPSA) is 99.8 Å². The zero-order chi connectivity index (χ0) is 17.7. The van der Waals surface area contributed by atoms with Gasteiger partial charge in [0.15, 0.2) is 0 Å². The molecule has 7 nitrogen and oxygen atoms in total. The van der Waals surface area contributed by atoms with E-state index in [2.05, 4.69) is 25.0 Å². The number of benzene rings is 1. The zero-order valence-corrected chi connectivity index (χ0v) is 18.4. The highest BCUT2D eigenvalue weighted by Gasteiger charge is 2.17. The van der Waals surface area contributed by atoms with Gasteiger partial charge in [0.05, 0.1) is 16.9 Å². The Hall–Kier alpha value is -1.42. The second-order valence-corrected chi connectivity index (χ2v) is 7.64. The predicted molar refractivity (Wildman–Crippen MR) is 118 cm³/mol. The zero-order valence-electron chi connectivity index (χ0n) is 15.2. The normalized spacial score (nSPS) is 11.8. The summed E-state index contributed by atoms with van der Waals surface area (Å²) in [6, 6.07) is 6.61. The molecular formula is C17H24Cl3N5O2S. The molecule has 1 aromatic carbocycles. The summed E-state index contributed by atoms with van der Waals surface area (Å²) in [4.78, 5) is 11.3. The quantitative estimate of drug-likeness (QED) is 0.441. The van der Waals surface area contributed by atoms with Crippen molar-refractivity contribution in [3.63, 3.8) is 0 Å². The highest BCUT2D eigenvalue weighted by molar-refractivity contribution is 7.89. The molecule has 0 radical (unpaired) electrons. The molecule has 28 heavy (non-hydrogen) atoms. The maximum absolute atomic E-state index is 12.5. The van der Waals surface area contributed by atoms with Gasteiger partial charge in [0.25, 0.3) is 0 Å². The Morgan fingerprint density at radius 2 is 1.93 bits per heavy atom. The van der Waals surface area contributed by atoms with E-state index < -0.39 is 10.0 Å². The number of fused-ring (bicyclic) bond motifs is 1. The molecule has 3 rings (SSSR count). The lowest BCUT2D eigenvalue weighted by Crippen LogP contribution is -2.40. The standard InChI is InChI=1S/C17H21N5O2S.3ClH/c1-13(9-18-7-5-16-11-20-12-21-16)22-25(23,24)17-3-2-15-10-19-6-4-14(15)8-17;;;/h2-4,6,8,10-13,18,22H,5,7,9H2,1H3,(H,20,21);3*1H. The van der Waals surface area contributed by atoms with Crippen LogP contribution in [0.5, 0.6) is 0 Å². The van der Waals surface area contributed by atoms with Gasteiger partial charge < -0.3 is 10.3 Å². The van der Waals surface area contributed by atoms with Gasteiger partial charge in [0.2, 0.25) is 10.0 Å². The van der Waals surface area contributed by atoms with Gasteiger partial charge in [0, 0.05) is 49.5 Å². The van der Waals surface area contributed by atoms with Crippen molar-refractivity contribution in [2.45, 2.75) is 24.3 Å². The molecule has 1 unspecified atom stereocenters. The molecule has 2 aromatic heterocycles. The van der Waals surface area contributed by atoms with E-state index in [1.54, 1.807) is 43.0 Å². The molecule has 0 saturated heterocycles. The number of aromatic amines is 1. The molecule has 0 aliphatic rings. The number of rotatable bonds is 8. The van der Waals surface area contributed by atoms with Crippen LogP contribution in [0.1, 0.15) is 12.6 Å². The van der Waals surface area contributed by atoms with Crippen LogP contribution in [0.4, 0.5) is 0 Å². The summed E-state index contributed by atoms with van der Waals surface area (Å²) < 4.78 is 27.8. The number of halogens is 3. The van der Waals surface area contributed by atoms with E-state index in [1.807, 2.05) is 13.1 Å². The van der Waals surface area contributed by atoms with Gasteiger partial charge in [-0.15, -0.1) is 37.2 Å². The lowest BCUT2D eigenvalue weighted by Gasteiger charge is -2.15. The van der Waals surface area contributed by atoms with E-state index in [-0.39, 0.29) is 48.2 Å². The van der Waals surface area contributed by atoms with Crippen molar-refractivity contribution in [1.29, 1.82) is 0 Å². The molecule has 0 aliphatic heterocycles. The molecule has 11 heteroatoms. The first-order chi connectivity index (χ1) is 12.0. The molecule has 0 fully saturated rings. The highest BCUT2D eigenvalue weighted by Crippen LogP contribution is 2.18. The molecule has 0 aliphatic carbocycles. The molecule has 1 atom stereocenters. The van der Waals surface area contributed by atoms with Crippen LogP contribution in [0.15, 0.2) is 54.1 Å². The number of aromatic nitrogens is 3. The minimum atomic E-state index is -3.56. The number of nitrogens with one attached hydrogen (secondary N) is 3. The molecule has 0 spiro atoms. The van der Waals surface area contributed by atoms with Crippen LogP contribution in [0.3, 0.4) is 0 Å². The maximum atomic E-state index is 12.5. The summed E-state index contributed by atoms with van der Waals surface area (Å²) in [5, 5.41) is 5.00. The van der Waals surface area contributed by atoms with Crippen LogP contribution in [-0.4, -0.2) is 42.5 Å². The third kappa shape index (κ3) is 7.20. The number of pyridine rings is 1. The molecule has 0 bridgehead atoms. The summed E-state index contributed by atoms with van der Waals surface area (Å²) >= 11 is 0. The van der Waals surface area contributed by atoms with Gasteiger partial charge >= 0.3 is 0 Å². The van der Waals surface area contributed by atoms with Crippen LogP contribution in [0.25, 0.3) is 10.8 Å². The second kappa shape index (κ2) is 12.2. The summed E-state index contributed by atoms with van der Waals surface area (Å²) in [5.74, 6) is 0. The third-order valence-electron chi connectivity index (χ3n) is 3.84. The predicted octanol–water partition coefficient (Wildman–Crippen LogP) is 2.72. The number of hydrogen-bond donors (Lipinski definition) is 3. The Morgan fingerprint density at radius 3 is 2.64 bits per heavy atom. The molecule has 2 heterocycles. The van der Waals surface area contributed by atoms with E-state index in [0.717, 1.165) is 29.4 Å². The summed E-state index contributed by atoms with van der Waals surface area (Å²) in [5.41, 5.74) is 0.978. The minimum absolute atomic E-state index is 0. The Balaban J connectivity index is 0.00000243. The van der Waals surface area contributed by atoms with E-state index in [9.17, 15) is 8.42 Å². The summed E-state index contributed by atoms with van der Waals surface area (Å²) in [7, 11) is -3.56. The lowest BCUT2D eigenvalue weighted by atomic mass is 10.2. The van der Waals surface area contributed by atoms with Crippen molar-refractivity contribution in [1.82, 2.24) is 25.0 Å². The molecule has 3 N–H and O–H groups in total. The average molecular weight is 469 g/mol. The van der Waals surface area contributed by atoms with Gasteiger partial charge in [-0.1, -0.05) is 6.07 Å². The fraction of sp³-hybridized carbons (Fsp3) is 0.294. The number of imidazole rings is 1. The van der Waals surface area contributed by atoms with Gasteiger partial charge in [-0.25, -0.2) is 18.1 Å². The first kappa shape index (κ1) is 26.6. The second-order valence-electron chi connectivity index (χ2n) is 5.92. The molecule has 0 saturated carbocycles. The first-order valence-corrected chi connectivity index (χ1v) is 9.57. The van der Waals surface area contributed by atoms with E-state index in [0.29, 0.717) is 6.54 Å². The van der Waals surface area contributed by atoms with Gasteiger partial charge in [0.1, 0.15) is 0 Å². The molecular weight excluding hydrogens is 445 g/mol. The number of sulfonamides is 1. The van der Waals surface area contributed by atoms with Crippen LogP contribution in [0.2, 0.25) is 0 Å². The largest absolute Gasteiger partial charge is 0.351 e. The van der Waals surface area contributed by atoms with Crippen molar-refractivity contribution in [3.8, 4) is 0 Å². The molecule has 156 valence electrons. The van der Waals surface area contributed by atoms with Crippen LogP contribution >= 0.6 is 37.2 Å². The van der Waals surface area contributed by atoms with Crippen LogP contribution in [-0.2, 0) is 16.4 Å². The van der Waals surface area contributed by atoms with E-state index in [4.69, 9.17) is 0 Å². The van der Waals surface area contributed by atoms with Crippen molar-refractivity contribution in [2.75, 3.05) is 13.1 Å². The number of nitrogens with zero attached hydrogens (tertiary/aromatic N) is 2. The smallest absolute Gasteiger partial charge is 0.240 e. The summed E-state index contributed by atoms with van der Waals surface area (Å²) in [6.07, 6.45) is 7.65. The number of H-pyrrole nitrogens is 1. The van der Waals surface area contributed by atoms with Gasteiger partial charge in [-0.05, 0) is 30.5 Å². The first-order valence-electron chi connectivity index (χ1n) is 8.09. The molecule has 0 amide bonds. The monoisotopic (exact) mass is 467 g/mol. The Labute approximate surface area is 183 Å². The van der Waals surface area contributed by atoms with Gasteiger partial charge in [-0.3, -0.25) is 4.98 Å². The van der Waals surface area contributed by atoms with E-state index in [1.165, 1.54) is 0 Å². The van der Waals surface area contributed by atoms with E-state index >= 15 is 0 Å². The minimum Gasteiger partial charge on any atom is -0.351 e. The van der Waals surface area contributed by atoms with Crippen molar-refractivity contribution >= 4 is 58.0 Å². The van der Waals surface area contributed by atoms with Crippen molar-refractivity contribution in [2.24, 2.45) is 0 Å². The van der Waals surface area contributed by atoms with Gasteiger partial charge in [-0.2, -0.15) is 0 Å². The Kier molecular flexibility index (Phi) is 11.6. The average Bonchev–Trinajstić information content (AvgIpc) is 3.11. The Bertz CT molecular complexity index is 939. The highest BCUT2D eigenvalue weighted by atomic mass is 35.5. The van der Waals surface area contributed by atoms with Crippen LogP contribution in [0, 0.1) is 0 Å². The Morgan fingerprint density at radius 1 is 1.14 bits per heavy atom. The van der Waals surface area contributed by atoms with Crippen molar-refractivity contribution in [3.05, 3.63) is 54.9 Å². The number of hydrogen-bond acceptors (Lipinski definition) is 5. The lowest BCUT2D eigenvalue weighted by molar-refractivity contribution is 0.537. The third-order valence-corrected chi connectivity index (χ3v) is 5.43. The SMILES string of the molecule is CC(CNCCc1c[nH]cn1)NS(=O)(=O)c1ccc2cnccc2c1.Cl.Cl.Cl. The van der Waals surface area contributed by atoms with Crippen molar-refractivity contribution < 1.29 is 8.42 Å². The maximum Gasteiger partial charge on any atom is 0.240 e. The van der Waals surface area contributed by atoms with Crippen LogP contribution < -0.4 is 10.0 Å². The summed E-state index contributed by atoms with van der Waals surface area (Å²) in [6.45, 7) is 3.12. The molecule has 3 aromatic rings. The fourth-order valence-corrected chi connectivity index (χ4v) is 3.84. The fourth-order valence-electron chi connectivity index (χ4n) is 2.57.